The molecule has 5 heteroatoms. The Morgan fingerprint density at radius 3 is 2.84 bits per heavy atom. The van der Waals surface area contributed by atoms with Crippen molar-refractivity contribution < 1.29 is 4.74 Å². The Hall–Kier alpha value is -0.520. The van der Waals surface area contributed by atoms with Gasteiger partial charge in [-0.05, 0) is 57.1 Å². The van der Waals surface area contributed by atoms with Crippen molar-refractivity contribution in [1.82, 2.24) is 14.9 Å². The molecule has 1 N–H and O–H groups in total. The summed E-state index contributed by atoms with van der Waals surface area (Å²) in [5.74, 6) is 0.651. The van der Waals surface area contributed by atoms with Crippen LogP contribution in [0.3, 0.4) is 0 Å². The molecule has 2 atom stereocenters. The number of ether oxygens (including phenoxy) is 1. The van der Waals surface area contributed by atoms with Crippen LogP contribution in [0.5, 0.6) is 0 Å². The van der Waals surface area contributed by atoms with Crippen LogP contribution in [0.4, 0.5) is 0 Å². The number of nitrogens with zero attached hydrogens (tertiary/aromatic N) is 2. The molecule has 0 aromatic carbocycles. The summed E-state index contributed by atoms with van der Waals surface area (Å²) in [7, 11) is 2.06. The molecule has 2 fully saturated rings. The van der Waals surface area contributed by atoms with Crippen LogP contribution < -0.4 is 5.32 Å². The molecule has 2 unspecified atom stereocenters. The second-order valence-corrected chi connectivity index (χ2v) is 6.77. The highest BCUT2D eigenvalue weighted by molar-refractivity contribution is 7.05. The minimum atomic E-state index is 0.185. The van der Waals surface area contributed by atoms with E-state index < -0.39 is 0 Å². The highest BCUT2D eigenvalue weighted by atomic mass is 32.1. The summed E-state index contributed by atoms with van der Waals surface area (Å²) in [5.41, 5.74) is 1.26. The third-order valence-corrected chi connectivity index (χ3v) is 5.71. The minimum absolute atomic E-state index is 0.185. The predicted octanol–water partition coefficient (Wildman–Crippen LogP) is 2.85. The highest BCUT2D eigenvalue weighted by Crippen LogP contribution is 2.45. The van der Waals surface area contributed by atoms with Gasteiger partial charge in [0.15, 0.2) is 0 Å². The van der Waals surface area contributed by atoms with Gasteiger partial charge in [-0.1, -0.05) is 17.3 Å². The lowest BCUT2D eigenvalue weighted by Crippen LogP contribution is -2.41. The predicted molar refractivity (Wildman–Crippen MR) is 76.3 cm³/mol. The summed E-state index contributed by atoms with van der Waals surface area (Å²) < 4.78 is 10.2. The van der Waals surface area contributed by atoms with Crippen LogP contribution in [0, 0.1) is 12.8 Å². The van der Waals surface area contributed by atoms with E-state index in [0.717, 1.165) is 18.7 Å². The van der Waals surface area contributed by atoms with Crippen LogP contribution in [0.2, 0.25) is 0 Å². The normalized spacial score (nSPS) is 27.8. The van der Waals surface area contributed by atoms with E-state index in [-0.39, 0.29) is 5.60 Å². The molecule has 1 aromatic rings. The molecule has 2 aliphatic rings. The third-order valence-electron chi connectivity index (χ3n) is 4.80. The number of aryl methyl sites for hydroxylation is 1. The Labute approximate surface area is 119 Å². The number of hydrogen-bond acceptors (Lipinski definition) is 5. The first-order valence-corrected chi connectivity index (χ1v) is 8.11. The average Bonchev–Trinajstić information content (AvgIpc) is 3.02. The first-order valence-electron chi connectivity index (χ1n) is 7.34. The van der Waals surface area contributed by atoms with Crippen LogP contribution in [-0.4, -0.2) is 28.8 Å². The second-order valence-electron chi connectivity index (χ2n) is 5.98. The molecule has 1 saturated heterocycles. The van der Waals surface area contributed by atoms with E-state index in [1.54, 1.807) is 11.5 Å². The molecular formula is C14H23N3OS. The lowest BCUT2D eigenvalue weighted by Gasteiger charge is -2.41. The van der Waals surface area contributed by atoms with E-state index >= 15 is 0 Å². The van der Waals surface area contributed by atoms with Crippen LogP contribution in [0.25, 0.3) is 0 Å². The fourth-order valence-corrected chi connectivity index (χ4v) is 4.67. The zero-order valence-electron chi connectivity index (χ0n) is 11.8. The van der Waals surface area contributed by atoms with Gasteiger partial charge < -0.3 is 10.1 Å². The standard InChI is InChI=1S/C14H23N3OS/c1-10-13(19-17-16-10)12(15-2)11-5-8-18-14(9-11)6-3-4-7-14/h11-12,15H,3-9H2,1-2H3. The smallest absolute Gasteiger partial charge is 0.0772 e. The average molecular weight is 281 g/mol. The molecule has 4 nitrogen and oxygen atoms in total. The monoisotopic (exact) mass is 281 g/mol. The second kappa shape index (κ2) is 5.46. The van der Waals surface area contributed by atoms with Gasteiger partial charge in [-0.25, -0.2) is 0 Å². The van der Waals surface area contributed by atoms with Crippen molar-refractivity contribution in [3.05, 3.63) is 10.6 Å². The molecule has 0 bridgehead atoms. The van der Waals surface area contributed by atoms with Gasteiger partial charge >= 0.3 is 0 Å². The number of aromatic nitrogens is 2. The summed E-state index contributed by atoms with van der Waals surface area (Å²) in [4.78, 5) is 1.31. The van der Waals surface area contributed by atoms with Crippen molar-refractivity contribution in [3.8, 4) is 0 Å². The molecule has 1 saturated carbocycles. The Morgan fingerprint density at radius 1 is 1.42 bits per heavy atom. The van der Waals surface area contributed by atoms with Gasteiger partial charge in [0.05, 0.1) is 16.2 Å². The molecule has 0 amide bonds. The van der Waals surface area contributed by atoms with Crippen molar-refractivity contribution in [2.75, 3.05) is 13.7 Å². The van der Waals surface area contributed by atoms with Gasteiger partial charge in [0.25, 0.3) is 0 Å². The van der Waals surface area contributed by atoms with Crippen LogP contribution in [-0.2, 0) is 4.74 Å². The van der Waals surface area contributed by atoms with Gasteiger partial charge in [0.2, 0.25) is 0 Å². The van der Waals surface area contributed by atoms with Gasteiger partial charge in [0, 0.05) is 12.6 Å². The van der Waals surface area contributed by atoms with E-state index in [1.165, 1.54) is 37.0 Å². The van der Waals surface area contributed by atoms with E-state index in [9.17, 15) is 0 Å². The maximum atomic E-state index is 6.14. The Kier molecular flexibility index (Phi) is 3.87. The maximum Gasteiger partial charge on any atom is 0.0772 e. The van der Waals surface area contributed by atoms with Crippen LogP contribution in [0.1, 0.15) is 55.1 Å². The largest absolute Gasteiger partial charge is 0.375 e. The maximum absolute atomic E-state index is 6.14. The first-order chi connectivity index (χ1) is 9.24. The molecule has 1 aromatic heterocycles. The lowest BCUT2D eigenvalue weighted by molar-refractivity contribution is -0.0977. The summed E-state index contributed by atoms with van der Waals surface area (Å²) in [6.07, 6.45) is 7.50. The molecular weight excluding hydrogens is 258 g/mol. The van der Waals surface area contributed by atoms with E-state index in [4.69, 9.17) is 4.74 Å². The van der Waals surface area contributed by atoms with Crippen LogP contribution in [0.15, 0.2) is 0 Å². The van der Waals surface area contributed by atoms with E-state index in [0.29, 0.717) is 12.0 Å². The van der Waals surface area contributed by atoms with Gasteiger partial charge in [-0.2, -0.15) is 0 Å². The molecule has 0 radical (unpaired) electrons. The lowest BCUT2D eigenvalue weighted by atomic mass is 9.80. The van der Waals surface area contributed by atoms with Crippen molar-refractivity contribution in [3.63, 3.8) is 0 Å². The summed E-state index contributed by atoms with van der Waals surface area (Å²) in [6, 6.07) is 0.390. The molecule has 3 rings (SSSR count). The van der Waals surface area contributed by atoms with Crippen molar-refractivity contribution >= 4 is 11.5 Å². The fraction of sp³-hybridized carbons (Fsp3) is 0.857. The minimum Gasteiger partial charge on any atom is -0.375 e. The van der Waals surface area contributed by atoms with E-state index in [2.05, 4.69) is 28.9 Å². The van der Waals surface area contributed by atoms with Crippen LogP contribution >= 0.6 is 11.5 Å². The van der Waals surface area contributed by atoms with Gasteiger partial charge in [-0.15, -0.1) is 5.10 Å². The molecule has 1 aliphatic carbocycles. The number of nitrogens with one attached hydrogen (secondary N) is 1. The molecule has 1 spiro atoms. The Bertz CT molecular complexity index is 428. The van der Waals surface area contributed by atoms with E-state index in [1.807, 2.05) is 0 Å². The quantitative estimate of drug-likeness (QED) is 0.925. The Morgan fingerprint density at radius 2 is 2.21 bits per heavy atom. The summed E-state index contributed by atoms with van der Waals surface area (Å²) in [6.45, 7) is 2.97. The van der Waals surface area contributed by atoms with Crippen molar-refractivity contribution in [1.29, 1.82) is 0 Å². The van der Waals surface area contributed by atoms with Crippen molar-refractivity contribution in [2.45, 2.75) is 57.1 Å². The Balaban J connectivity index is 1.78. The van der Waals surface area contributed by atoms with Gasteiger partial charge in [0.1, 0.15) is 0 Å². The van der Waals surface area contributed by atoms with Gasteiger partial charge in [-0.3, -0.25) is 0 Å². The highest BCUT2D eigenvalue weighted by Gasteiger charge is 2.42. The molecule has 19 heavy (non-hydrogen) atoms. The number of hydrogen-bond donors (Lipinski definition) is 1. The topological polar surface area (TPSA) is 47.0 Å². The summed E-state index contributed by atoms with van der Waals surface area (Å²) >= 11 is 1.54. The fourth-order valence-electron chi connectivity index (χ4n) is 3.82. The zero-order valence-corrected chi connectivity index (χ0v) is 12.6. The summed E-state index contributed by atoms with van der Waals surface area (Å²) in [5, 5.41) is 7.66. The van der Waals surface area contributed by atoms with Crippen molar-refractivity contribution in [2.24, 2.45) is 5.92 Å². The third kappa shape index (κ3) is 2.56. The number of rotatable bonds is 3. The zero-order chi connectivity index (χ0) is 13.3. The first kappa shape index (κ1) is 13.5. The molecule has 106 valence electrons. The molecule has 1 aliphatic heterocycles. The SMILES string of the molecule is CNC(c1snnc1C)C1CCOC2(CCCC2)C1. The molecule has 2 heterocycles.